The number of β-amino-alcohol motifs (C(OH)–C–C–N with tert-alkyl or cyclic N) is 1. The van der Waals surface area contributed by atoms with Crippen LogP contribution in [0.5, 0.6) is 5.75 Å². The summed E-state index contributed by atoms with van der Waals surface area (Å²) < 4.78 is 11.4. The fraction of sp³-hybridized carbons (Fsp3) is 0.688. The first-order chi connectivity index (χ1) is 10.7. The van der Waals surface area contributed by atoms with Crippen molar-refractivity contribution in [3.8, 4) is 5.75 Å². The van der Waals surface area contributed by atoms with Crippen LogP contribution in [-0.4, -0.2) is 72.6 Å². The quantitative estimate of drug-likeness (QED) is 0.833. The van der Waals surface area contributed by atoms with Crippen LogP contribution in [0.3, 0.4) is 0 Å². The summed E-state index contributed by atoms with van der Waals surface area (Å²) in [6.45, 7) is 5.01. The van der Waals surface area contributed by atoms with Gasteiger partial charge in [0.1, 0.15) is 17.5 Å². The molecule has 0 amide bonds. The summed E-state index contributed by atoms with van der Waals surface area (Å²) >= 11 is 0. The molecule has 2 saturated heterocycles. The van der Waals surface area contributed by atoms with Crippen molar-refractivity contribution in [2.45, 2.75) is 24.5 Å². The van der Waals surface area contributed by atoms with E-state index >= 15 is 0 Å². The van der Waals surface area contributed by atoms with E-state index < -0.39 is 5.60 Å². The van der Waals surface area contributed by atoms with E-state index in [-0.39, 0.29) is 6.10 Å². The number of hydrogen-bond acceptors (Lipinski definition) is 6. The molecule has 6 heteroatoms. The molecule has 2 fully saturated rings. The second-order valence-corrected chi connectivity index (χ2v) is 6.24. The van der Waals surface area contributed by atoms with Crippen LogP contribution in [0.1, 0.15) is 12.8 Å². The number of likely N-dealkylation sites (tertiary alicyclic amines) is 1. The van der Waals surface area contributed by atoms with Crippen LogP contribution in [0.25, 0.3) is 0 Å². The van der Waals surface area contributed by atoms with Crippen LogP contribution in [-0.2, 0) is 4.74 Å². The molecule has 1 atom stereocenters. The first-order valence-corrected chi connectivity index (χ1v) is 8.03. The molecule has 0 aliphatic carbocycles. The average Bonchev–Trinajstić information content (AvgIpc) is 2.75. The second kappa shape index (κ2) is 7.37. The van der Waals surface area contributed by atoms with E-state index in [4.69, 9.17) is 9.47 Å². The van der Waals surface area contributed by atoms with E-state index in [1.807, 2.05) is 12.1 Å². The van der Waals surface area contributed by atoms with E-state index in [0.717, 1.165) is 38.2 Å². The van der Waals surface area contributed by atoms with Crippen molar-refractivity contribution in [1.29, 1.82) is 0 Å². The number of nitrogens with zero attached hydrogens (tertiary/aromatic N) is 2. The minimum atomic E-state index is -0.784. The van der Waals surface area contributed by atoms with Gasteiger partial charge in [-0.3, -0.25) is 4.98 Å². The zero-order valence-electron chi connectivity index (χ0n) is 12.9. The van der Waals surface area contributed by atoms with Gasteiger partial charge in [0.25, 0.3) is 0 Å². The molecule has 122 valence electrons. The maximum atomic E-state index is 10.6. The number of pyridine rings is 1. The fourth-order valence-corrected chi connectivity index (χ4v) is 3.09. The number of hydrogen-bond donors (Lipinski definition) is 2. The van der Waals surface area contributed by atoms with Crippen molar-refractivity contribution in [3.05, 3.63) is 24.5 Å². The summed E-state index contributed by atoms with van der Waals surface area (Å²) in [7, 11) is 0. The molecule has 0 unspecified atom stereocenters. The van der Waals surface area contributed by atoms with Gasteiger partial charge in [-0.25, -0.2) is 0 Å². The van der Waals surface area contributed by atoms with Crippen LogP contribution >= 0.6 is 0 Å². The lowest BCUT2D eigenvalue weighted by Gasteiger charge is -2.37. The first kappa shape index (κ1) is 15.7. The van der Waals surface area contributed by atoms with Gasteiger partial charge in [0.2, 0.25) is 0 Å². The van der Waals surface area contributed by atoms with Gasteiger partial charge < -0.3 is 24.8 Å². The Bertz CT molecular complexity index is 441. The molecule has 3 rings (SSSR count). The standard InChI is InChI=1S/C16H25N3O3/c20-16(11-18-6-9-21-13-16)12-19-7-3-14(4-8-19)22-15-2-1-5-17-10-15/h1-2,5,10,14,18,20H,3-4,6-9,11-13H2/t16-/m1/s1. The van der Waals surface area contributed by atoms with Gasteiger partial charge in [-0.2, -0.15) is 0 Å². The van der Waals surface area contributed by atoms with E-state index in [1.165, 1.54) is 0 Å². The van der Waals surface area contributed by atoms with Crippen molar-refractivity contribution in [2.75, 3.05) is 45.9 Å². The van der Waals surface area contributed by atoms with Gasteiger partial charge in [-0.05, 0) is 25.0 Å². The van der Waals surface area contributed by atoms with Crippen LogP contribution < -0.4 is 10.1 Å². The topological polar surface area (TPSA) is 66.9 Å². The molecule has 1 aromatic heterocycles. The number of nitrogens with one attached hydrogen (secondary N) is 1. The highest BCUT2D eigenvalue weighted by atomic mass is 16.5. The number of rotatable bonds is 4. The molecular formula is C16H25N3O3. The van der Waals surface area contributed by atoms with Crippen molar-refractivity contribution < 1.29 is 14.6 Å². The van der Waals surface area contributed by atoms with Crippen LogP contribution in [0.15, 0.2) is 24.5 Å². The zero-order valence-corrected chi connectivity index (χ0v) is 12.9. The molecule has 2 aliphatic rings. The summed E-state index contributed by atoms with van der Waals surface area (Å²) in [6.07, 6.45) is 5.68. The normalized spacial score (nSPS) is 28.2. The number of piperidine rings is 1. The highest BCUT2D eigenvalue weighted by Crippen LogP contribution is 2.20. The Labute approximate surface area is 131 Å². The van der Waals surface area contributed by atoms with Crippen molar-refractivity contribution in [1.82, 2.24) is 15.2 Å². The lowest BCUT2D eigenvalue weighted by molar-refractivity contribution is -0.0558. The summed E-state index contributed by atoms with van der Waals surface area (Å²) in [5, 5.41) is 13.9. The summed E-state index contributed by atoms with van der Waals surface area (Å²) in [5.74, 6) is 0.834. The van der Waals surface area contributed by atoms with E-state index in [2.05, 4.69) is 15.2 Å². The number of ether oxygens (including phenoxy) is 2. The predicted octanol–water partition coefficient (Wildman–Crippen LogP) is 0.276. The minimum absolute atomic E-state index is 0.235. The average molecular weight is 307 g/mol. The molecule has 0 bridgehead atoms. The van der Waals surface area contributed by atoms with Crippen LogP contribution in [0.4, 0.5) is 0 Å². The Morgan fingerprint density at radius 3 is 3.09 bits per heavy atom. The molecule has 22 heavy (non-hydrogen) atoms. The Hall–Kier alpha value is -1.21. The van der Waals surface area contributed by atoms with Gasteiger partial charge in [0.05, 0.1) is 19.4 Å². The van der Waals surface area contributed by atoms with Crippen LogP contribution in [0.2, 0.25) is 0 Å². The molecular weight excluding hydrogens is 282 g/mol. The zero-order chi connectivity index (χ0) is 15.3. The highest BCUT2D eigenvalue weighted by molar-refractivity contribution is 5.15. The Morgan fingerprint density at radius 2 is 2.32 bits per heavy atom. The molecule has 3 heterocycles. The molecule has 0 saturated carbocycles. The Morgan fingerprint density at radius 1 is 1.45 bits per heavy atom. The second-order valence-electron chi connectivity index (χ2n) is 6.24. The van der Waals surface area contributed by atoms with Gasteiger partial charge in [-0.1, -0.05) is 0 Å². The lowest BCUT2D eigenvalue weighted by atomic mass is 10.0. The maximum Gasteiger partial charge on any atom is 0.137 e. The number of aliphatic hydroxyl groups is 1. The van der Waals surface area contributed by atoms with Gasteiger partial charge in [-0.15, -0.1) is 0 Å². The smallest absolute Gasteiger partial charge is 0.137 e. The molecule has 0 radical (unpaired) electrons. The fourth-order valence-electron chi connectivity index (χ4n) is 3.09. The van der Waals surface area contributed by atoms with Gasteiger partial charge in [0, 0.05) is 38.9 Å². The molecule has 2 N–H and O–H groups in total. The third kappa shape index (κ3) is 4.39. The number of aromatic nitrogens is 1. The van der Waals surface area contributed by atoms with E-state index in [0.29, 0.717) is 26.3 Å². The third-order valence-corrected chi connectivity index (χ3v) is 4.24. The monoisotopic (exact) mass is 307 g/mol. The Kier molecular flexibility index (Phi) is 5.25. The minimum Gasteiger partial charge on any atom is -0.489 e. The largest absolute Gasteiger partial charge is 0.489 e. The van der Waals surface area contributed by atoms with Crippen LogP contribution in [0, 0.1) is 0 Å². The van der Waals surface area contributed by atoms with E-state index in [9.17, 15) is 5.11 Å². The highest BCUT2D eigenvalue weighted by Gasteiger charge is 2.33. The Balaban J connectivity index is 1.45. The lowest BCUT2D eigenvalue weighted by Crippen LogP contribution is -2.53. The molecule has 2 aliphatic heterocycles. The molecule has 0 spiro atoms. The summed E-state index contributed by atoms with van der Waals surface area (Å²) in [6, 6.07) is 3.83. The third-order valence-electron chi connectivity index (χ3n) is 4.24. The summed E-state index contributed by atoms with van der Waals surface area (Å²) in [5.41, 5.74) is -0.784. The predicted molar refractivity (Wildman–Crippen MR) is 83.0 cm³/mol. The van der Waals surface area contributed by atoms with E-state index in [1.54, 1.807) is 12.4 Å². The van der Waals surface area contributed by atoms with Gasteiger partial charge >= 0.3 is 0 Å². The van der Waals surface area contributed by atoms with Crippen molar-refractivity contribution in [3.63, 3.8) is 0 Å². The summed E-state index contributed by atoms with van der Waals surface area (Å²) in [4.78, 5) is 6.38. The van der Waals surface area contributed by atoms with Crippen molar-refractivity contribution in [2.24, 2.45) is 0 Å². The molecule has 6 nitrogen and oxygen atoms in total. The van der Waals surface area contributed by atoms with Gasteiger partial charge in [0.15, 0.2) is 0 Å². The SMILES string of the molecule is O[C@@]1(CN2CCC(Oc3cccnc3)CC2)CNCCOC1. The van der Waals surface area contributed by atoms with Crippen molar-refractivity contribution >= 4 is 0 Å². The molecule has 0 aromatic carbocycles. The maximum absolute atomic E-state index is 10.6. The molecule has 1 aromatic rings. The first-order valence-electron chi connectivity index (χ1n) is 8.03.